The maximum absolute atomic E-state index is 13.7. The number of hydrogen-bond donors (Lipinski definition) is 1. The summed E-state index contributed by atoms with van der Waals surface area (Å²) in [5, 5.41) is 3.95. The van der Waals surface area contributed by atoms with Gasteiger partial charge in [0.15, 0.2) is 5.16 Å². The van der Waals surface area contributed by atoms with Gasteiger partial charge in [0.2, 0.25) is 5.91 Å². The highest BCUT2D eigenvalue weighted by Gasteiger charge is 2.28. The number of thiophene rings is 1. The Balaban J connectivity index is 1.49. The van der Waals surface area contributed by atoms with Crippen LogP contribution in [0.4, 0.5) is 4.79 Å². The van der Waals surface area contributed by atoms with E-state index in [2.05, 4.69) is 12.2 Å². The number of thioether (sulfide) groups is 1. The van der Waals surface area contributed by atoms with Crippen molar-refractivity contribution in [3.8, 4) is 0 Å². The molecule has 0 radical (unpaired) electrons. The first kappa shape index (κ1) is 22.2. The van der Waals surface area contributed by atoms with Gasteiger partial charge in [0.25, 0.3) is 5.56 Å². The van der Waals surface area contributed by atoms with Gasteiger partial charge in [-0.1, -0.05) is 49.0 Å². The zero-order chi connectivity index (χ0) is 22.9. The number of aryl methyl sites for hydroxylation is 2. The number of carbonyl (C=O) groups excluding carboxylic acids is 2. The molecule has 9 heteroatoms. The van der Waals surface area contributed by atoms with Crippen LogP contribution < -0.4 is 10.9 Å². The van der Waals surface area contributed by atoms with Crippen LogP contribution >= 0.6 is 23.1 Å². The Morgan fingerprint density at radius 2 is 2.09 bits per heavy atom. The summed E-state index contributed by atoms with van der Waals surface area (Å²) in [7, 11) is 0. The van der Waals surface area contributed by atoms with E-state index in [9.17, 15) is 14.4 Å². The van der Waals surface area contributed by atoms with E-state index >= 15 is 0 Å². The van der Waals surface area contributed by atoms with Gasteiger partial charge in [-0.2, -0.15) is 0 Å². The summed E-state index contributed by atoms with van der Waals surface area (Å²) in [4.78, 5) is 46.3. The fourth-order valence-electron chi connectivity index (χ4n) is 4.51. The van der Waals surface area contributed by atoms with Crippen molar-refractivity contribution in [2.24, 2.45) is 5.92 Å². The Kier molecular flexibility index (Phi) is 6.25. The first-order valence-corrected chi connectivity index (χ1v) is 13.1. The minimum atomic E-state index is -0.356. The lowest BCUT2D eigenvalue weighted by atomic mass is 9.89. The number of fused-ring (bicyclic) bond motifs is 3. The molecule has 0 saturated carbocycles. The van der Waals surface area contributed by atoms with E-state index < -0.39 is 0 Å². The van der Waals surface area contributed by atoms with E-state index in [1.807, 2.05) is 30.3 Å². The molecule has 0 bridgehead atoms. The number of urea groups is 1. The normalized spacial score (nSPS) is 17.9. The standard InChI is InChI=1S/C24H26N4O3S2/c1-15-7-8-17-18(13-15)33-21-20(17)22(30)28(11-9-16-5-3-2-4-6-16)24(26-21)32-14-19(29)27-12-10-25-23(27)31/h2-6,15H,7-14H2,1H3,(H,25,31). The lowest BCUT2D eigenvalue weighted by Gasteiger charge is -2.18. The van der Waals surface area contributed by atoms with E-state index in [0.717, 1.165) is 35.0 Å². The predicted octanol–water partition coefficient (Wildman–Crippen LogP) is 3.47. The molecule has 3 aromatic rings. The molecule has 2 aromatic heterocycles. The van der Waals surface area contributed by atoms with Crippen molar-refractivity contribution in [1.82, 2.24) is 19.8 Å². The second-order valence-corrected chi connectivity index (χ2v) is 10.7. The highest BCUT2D eigenvalue weighted by atomic mass is 32.2. The summed E-state index contributed by atoms with van der Waals surface area (Å²) in [5.41, 5.74) is 2.30. The molecule has 1 atom stereocenters. The number of nitrogens with zero attached hydrogens (tertiary/aromatic N) is 3. The van der Waals surface area contributed by atoms with Crippen molar-refractivity contribution in [2.75, 3.05) is 18.8 Å². The van der Waals surface area contributed by atoms with Crippen molar-refractivity contribution < 1.29 is 9.59 Å². The molecule has 3 amide bonds. The molecule has 33 heavy (non-hydrogen) atoms. The number of hydrogen-bond acceptors (Lipinski definition) is 6. The van der Waals surface area contributed by atoms with Crippen LogP contribution in [0, 0.1) is 5.92 Å². The first-order chi connectivity index (χ1) is 16.0. The van der Waals surface area contributed by atoms with Crippen LogP contribution in [-0.2, 0) is 30.6 Å². The molecule has 172 valence electrons. The number of nitrogens with one attached hydrogen (secondary N) is 1. The molecule has 1 aliphatic heterocycles. The highest BCUT2D eigenvalue weighted by Crippen LogP contribution is 2.36. The molecule has 1 aliphatic carbocycles. The van der Waals surface area contributed by atoms with Crippen LogP contribution in [0.25, 0.3) is 10.2 Å². The third-order valence-corrected chi connectivity index (χ3v) is 8.44. The molecule has 5 rings (SSSR count). The monoisotopic (exact) mass is 482 g/mol. The maximum Gasteiger partial charge on any atom is 0.324 e. The van der Waals surface area contributed by atoms with Gasteiger partial charge >= 0.3 is 6.03 Å². The number of imide groups is 1. The number of rotatable bonds is 6. The minimum Gasteiger partial charge on any atom is -0.336 e. The summed E-state index contributed by atoms with van der Waals surface area (Å²) in [6, 6.07) is 9.70. The second kappa shape index (κ2) is 9.30. The number of carbonyl (C=O) groups is 2. The van der Waals surface area contributed by atoms with Crippen molar-refractivity contribution >= 4 is 45.3 Å². The quantitative estimate of drug-likeness (QED) is 0.430. The van der Waals surface area contributed by atoms with Crippen LogP contribution in [0.1, 0.15) is 29.3 Å². The molecular formula is C24H26N4O3S2. The summed E-state index contributed by atoms with van der Waals surface area (Å²) in [5.74, 6) is 0.418. The molecule has 1 aromatic carbocycles. The molecule has 3 heterocycles. The fourth-order valence-corrected chi connectivity index (χ4v) is 6.84. The predicted molar refractivity (Wildman–Crippen MR) is 131 cm³/mol. The van der Waals surface area contributed by atoms with Gasteiger partial charge in [-0.25, -0.2) is 9.78 Å². The van der Waals surface area contributed by atoms with Gasteiger partial charge in [-0.3, -0.25) is 19.1 Å². The summed E-state index contributed by atoms with van der Waals surface area (Å²) >= 11 is 2.86. The van der Waals surface area contributed by atoms with E-state index in [1.54, 1.807) is 15.9 Å². The summed E-state index contributed by atoms with van der Waals surface area (Å²) < 4.78 is 1.72. The Bertz CT molecular complexity index is 1270. The van der Waals surface area contributed by atoms with Gasteiger partial charge in [0.1, 0.15) is 4.83 Å². The molecule has 1 saturated heterocycles. The fraction of sp³-hybridized carbons (Fsp3) is 0.417. The number of benzene rings is 1. The first-order valence-electron chi connectivity index (χ1n) is 11.3. The third-order valence-electron chi connectivity index (χ3n) is 6.33. The number of aromatic nitrogens is 2. The SMILES string of the molecule is CC1CCc2c(sc3nc(SCC(=O)N4CCNC4=O)n(CCc4ccccc4)c(=O)c23)C1. The van der Waals surface area contributed by atoms with Crippen LogP contribution in [0.2, 0.25) is 0 Å². The Labute approximate surface area is 200 Å². The van der Waals surface area contributed by atoms with Crippen LogP contribution in [-0.4, -0.2) is 45.2 Å². The van der Waals surface area contributed by atoms with Crippen molar-refractivity contribution in [1.29, 1.82) is 0 Å². The Hall–Kier alpha value is -2.65. The number of amides is 3. The highest BCUT2D eigenvalue weighted by molar-refractivity contribution is 7.99. The average molecular weight is 483 g/mol. The van der Waals surface area contributed by atoms with Crippen molar-refractivity contribution in [3.05, 3.63) is 56.7 Å². The molecule has 0 spiro atoms. The Morgan fingerprint density at radius 3 is 2.85 bits per heavy atom. The van der Waals surface area contributed by atoms with Crippen molar-refractivity contribution in [3.63, 3.8) is 0 Å². The van der Waals surface area contributed by atoms with Crippen LogP contribution in [0.15, 0.2) is 40.3 Å². The lowest BCUT2D eigenvalue weighted by Crippen LogP contribution is -2.35. The smallest absolute Gasteiger partial charge is 0.324 e. The molecule has 1 unspecified atom stereocenters. The van der Waals surface area contributed by atoms with Crippen molar-refractivity contribution in [2.45, 2.75) is 44.3 Å². The molecule has 1 N–H and O–H groups in total. The van der Waals surface area contributed by atoms with Gasteiger partial charge in [-0.15, -0.1) is 11.3 Å². The summed E-state index contributed by atoms with van der Waals surface area (Å²) in [6.45, 7) is 3.59. The summed E-state index contributed by atoms with van der Waals surface area (Å²) in [6.07, 6.45) is 3.70. The zero-order valence-corrected chi connectivity index (χ0v) is 20.1. The molecular weight excluding hydrogens is 456 g/mol. The van der Waals surface area contributed by atoms with E-state index in [-0.39, 0.29) is 23.3 Å². The molecule has 2 aliphatic rings. The van der Waals surface area contributed by atoms with Crippen LogP contribution in [0.5, 0.6) is 0 Å². The van der Waals surface area contributed by atoms with Gasteiger partial charge < -0.3 is 5.32 Å². The van der Waals surface area contributed by atoms with Gasteiger partial charge in [-0.05, 0) is 42.7 Å². The van der Waals surface area contributed by atoms with E-state index in [4.69, 9.17) is 4.98 Å². The third kappa shape index (κ3) is 4.44. The van der Waals surface area contributed by atoms with Crippen LogP contribution in [0.3, 0.4) is 0 Å². The lowest BCUT2D eigenvalue weighted by molar-refractivity contribution is -0.124. The maximum atomic E-state index is 13.7. The van der Waals surface area contributed by atoms with E-state index in [1.165, 1.54) is 27.1 Å². The second-order valence-electron chi connectivity index (χ2n) is 8.68. The van der Waals surface area contributed by atoms with Gasteiger partial charge in [0.05, 0.1) is 11.1 Å². The largest absolute Gasteiger partial charge is 0.336 e. The van der Waals surface area contributed by atoms with Gasteiger partial charge in [0, 0.05) is 24.5 Å². The Morgan fingerprint density at radius 1 is 1.27 bits per heavy atom. The zero-order valence-electron chi connectivity index (χ0n) is 18.5. The molecule has 7 nitrogen and oxygen atoms in total. The van der Waals surface area contributed by atoms with E-state index in [0.29, 0.717) is 37.1 Å². The topological polar surface area (TPSA) is 84.3 Å². The molecule has 1 fully saturated rings. The average Bonchev–Trinajstić information content (AvgIpc) is 3.40. The minimum absolute atomic E-state index is 0.0168.